The molecule has 2 aromatic carbocycles. The monoisotopic (exact) mass is 420 g/mol. The zero-order valence-electron chi connectivity index (χ0n) is 16.6. The molecule has 1 saturated heterocycles. The molecule has 0 atom stereocenters. The largest absolute Gasteiger partial charge is 0.493 e. The molecular formula is C20H26N3O5S+. The molecule has 0 radical (unpaired) electrons. The Balaban J connectivity index is 1.54. The summed E-state index contributed by atoms with van der Waals surface area (Å²) in [6.07, 6.45) is 0. The molecule has 156 valence electrons. The Bertz CT molecular complexity index is 942. The summed E-state index contributed by atoms with van der Waals surface area (Å²) < 4.78 is 37.3. The molecule has 8 nitrogen and oxygen atoms in total. The van der Waals surface area contributed by atoms with Gasteiger partial charge in [0.2, 0.25) is 10.0 Å². The molecule has 1 fully saturated rings. The minimum absolute atomic E-state index is 0.133. The average Bonchev–Trinajstić information content (AvgIpc) is 2.74. The quantitative estimate of drug-likeness (QED) is 0.670. The van der Waals surface area contributed by atoms with Crippen molar-refractivity contribution in [3.8, 4) is 11.5 Å². The van der Waals surface area contributed by atoms with Crippen molar-refractivity contribution >= 4 is 21.6 Å². The lowest BCUT2D eigenvalue weighted by molar-refractivity contribution is -0.895. The van der Waals surface area contributed by atoms with Crippen LogP contribution in [0.5, 0.6) is 11.5 Å². The fourth-order valence-corrected chi connectivity index (χ4v) is 4.77. The number of anilines is 1. The zero-order chi connectivity index (χ0) is 20.9. The van der Waals surface area contributed by atoms with Gasteiger partial charge < -0.3 is 19.7 Å². The molecule has 2 aromatic rings. The number of hydrogen-bond acceptors (Lipinski definition) is 5. The lowest BCUT2D eigenvalue weighted by Crippen LogP contribution is -3.15. The topological polar surface area (TPSA) is 89.4 Å². The molecule has 0 unspecified atom stereocenters. The summed E-state index contributed by atoms with van der Waals surface area (Å²) in [5.41, 5.74) is 0.623. The van der Waals surface area contributed by atoms with E-state index in [-0.39, 0.29) is 12.5 Å². The van der Waals surface area contributed by atoms with Gasteiger partial charge in [0.25, 0.3) is 5.91 Å². The van der Waals surface area contributed by atoms with E-state index in [9.17, 15) is 13.2 Å². The smallest absolute Gasteiger partial charge is 0.279 e. The maximum absolute atomic E-state index is 12.7. The Labute approximate surface area is 171 Å². The van der Waals surface area contributed by atoms with Gasteiger partial charge in [0.15, 0.2) is 18.0 Å². The number of sulfonamides is 1. The highest BCUT2D eigenvalue weighted by molar-refractivity contribution is 7.89. The summed E-state index contributed by atoms with van der Waals surface area (Å²) >= 11 is 0. The van der Waals surface area contributed by atoms with E-state index in [4.69, 9.17) is 9.47 Å². The number of rotatable bonds is 7. The van der Waals surface area contributed by atoms with E-state index < -0.39 is 10.0 Å². The molecule has 0 aliphatic carbocycles. The van der Waals surface area contributed by atoms with E-state index in [1.54, 1.807) is 55.6 Å². The summed E-state index contributed by atoms with van der Waals surface area (Å²) in [7, 11) is -0.392. The SMILES string of the molecule is COc1ccc(NC(=O)C[NH+]2CCN(S(=O)(=O)c3ccccc3)CC2)cc1OC. The van der Waals surface area contributed by atoms with Crippen LogP contribution in [0.4, 0.5) is 5.69 Å². The summed E-state index contributed by atoms with van der Waals surface area (Å²) in [6, 6.07) is 13.6. The van der Waals surface area contributed by atoms with Crippen molar-refractivity contribution in [1.82, 2.24) is 4.31 Å². The number of amides is 1. The van der Waals surface area contributed by atoms with Crippen molar-refractivity contribution in [3.05, 3.63) is 48.5 Å². The second kappa shape index (κ2) is 9.25. The summed E-state index contributed by atoms with van der Waals surface area (Å²) in [5, 5.41) is 2.86. The molecule has 1 aliphatic rings. The Kier molecular flexibility index (Phi) is 6.73. The summed E-state index contributed by atoms with van der Waals surface area (Å²) in [4.78, 5) is 13.7. The standard InChI is InChI=1S/C20H25N3O5S/c1-27-18-9-8-16(14-19(18)28-2)21-20(24)15-22-10-12-23(13-11-22)29(25,26)17-6-4-3-5-7-17/h3-9,14H,10-13,15H2,1-2H3,(H,21,24)/p+1. The van der Waals surface area contributed by atoms with Crippen LogP contribution in [0.2, 0.25) is 0 Å². The Morgan fingerprint density at radius 2 is 1.69 bits per heavy atom. The zero-order valence-corrected chi connectivity index (χ0v) is 17.4. The van der Waals surface area contributed by atoms with Crippen LogP contribution in [-0.2, 0) is 14.8 Å². The van der Waals surface area contributed by atoms with Gasteiger partial charge >= 0.3 is 0 Å². The molecule has 1 heterocycles. The molecule has 3 rings (SSSR count). The number of nitrogens with zero attached hydrogens (tertiary/aromatic N) is 1. The second-order valence-corrected chi connectivity index (χ2v) is 8.70. The van der Waals surface area contributed by atoms with E-state index in [1.807, 2.05) is 0 Å². The molecule has 0 spiro atoms. The van der Waals surface area contributed by atoms with E-state index in [0.717, 1.165) is 4.90 Å². The maximum Gasteiger partial charge on any atom is 0.279 e. The van der Waals surface area contributed by atoms with Gasteiger partial charge in [0.05, 0.1) is 45.3 Å². The van der Waals surface area contributed by atoms with Crippen molar-refractivity contribution < 1.29 is 27.6 Å². The third kappa shape index (κ3) is 5.06. The normalized spacial score (nSPS) is 15.7. The predicted molar refractivity (Wildman–Crippen MR) is 109 cm³/mol. The fourth-order valence-electron chi connectivity index (χ4n) is 3.31. The van der Waals surface area contributed by atoms with Crippen molar-refractivity contribution in [2.75, 3.05) is 52.3 Å². The van der Waals surface area contributed by atoms with Gasteiger partial charge in [-0.2, -0.15) is 4.31 Å². The third-order valence-electron chi connectivity index (χ3n) is 4.89. The number of ether oxygens (including phenoxy) is 2. The van der Waals surface area contributed by atoms with Crippen LogP contribution in [-0.4, -0.2) is 65.6 Å². The second-order valence-electron chi connectivity index (χ2n) is 6.76. The van der Waals surface area contributed by atoms with Crippen LogP contribution < -0.4 is 19.7 Å². The Morgan fingerprint density at radius 1 is 1.03 bits per heavy atom. The molecule has 2 N–H and O–H groups in total. The van der Waals surface area contributed by atoms with Gasteiger partial charge in [0, 0.05) is 11.8 Å². The number of carbonyl (C=O) groups excluding carboxylic acids is 1. The van der Waals surface area contributed by atoms with Crippen LogP contribution in [0, 0.1) is 0 Å². The fraction of sp³-hybridized carbons (Fsp3) is 0.350. The first-order valence-electron chi connectivity index (χ1n) is 9.34. The lowest BCUT2D eigenvalue weighted by atomic mass is 10.2. The van der Waals surface area contributed by atoms with Crippen LogP contribution in [0.15, 0.2) is 53.4 Å². The van der Waals surface area contributed by atoms with Crippen LogP contribution in [0.25, 0.3) is 0 Å². The van der Waals surface area contributed by atoms with Crippen molar-refractivity contribution in [3.63, 3.8) is 0 Å². The first-order chi connectivity index (χ1) is 13.9. The number of nitrogens with one attached hydrogen (secondary N) is 2. The van der Waals surface area contributed by atoms with E-state index >= 15 is 0 Å². The third-order valence-corrected chi connectivity index (χ3v) is 6.80. The van der Waals surface area contributed by atoms with Crippen LogP contribution in [0.1, 0.15) is 0 Å². The molecular weight excluding hydrogens is 394 g/mol. The molecule has 0 saturated carbocycles. The number of benzene rings is 2. The number of quaternary nitrogens is 1. The number of hydrogen-bond donors (Lipinski definition) is 2. The van der Waals surface area contributed by atoms with Crippen molar-refractivity contribution in [1.29, 1.82) is 0 Å². The van der Waals surface area contributed by atoms with Gasteiger partial charge in [-0.3, -0.25) is 4.79 Å². The first kappa shape index (κ1) is 21.1. The minimum atomic E-state index is -3.48. The first-order valence-corrected chi connectivity index (χ1v) is 10.8. The average molecular weight is 421 g/mol. The highest BCUT2D eigenvalue weighted by atomic mass is 32.2. The molecule has 29 heavy (non-hydrogen) atoms. The Morgan fingerprint density at radius 3 is 2.31 bits per heavy atom. The highest BCUT2D eigenvalue weighted by Gasteiger charge is 2.31. The summed E-state index contributed by atoms with van der Waals surface area (Å²) in [6.45, 7) is 2.19. The van der Waals surface area contributed by atoms with Crippen LogP contribution in [0.3, 0.4) is 0 Å². The molecule has 9 heteroatoms. The van der Waals surface area contributed by atoms with Gasteiger partial charge in [-0.05, 0) is 24.3 Å². The van der Waals surface area contributed by atoms with Gasteiger partial charge in [-0.15, -0.1) is 0 Å². The molecule has 1 amide bonds. The molecule has 1 aliphatic heterocycles. The van der Waals surface area contributed by atoms with Crippen LogP contribution >= 0.6 is 0 Å². The number of methoxy groups -OCH3 is 2. The lowest BCUT2D eigenvalue weighted by Gasteiger charge is -2.31. The molecule has 0 bridgehead atoms. The van der Waals surface area contributed by atoms with Gasteiger partial charge in [0.1, 0.15) is 0 Å². The minimum Gasteiger partial charge on any atom is -0.493 e. The van der Waals surface area contributed by atoms with E-state index in [2.05, 4.69) is 5.32 Å². The van der Waals surface area contributed by atoms with Gasteiger partial charge in [-0.1, -0.05) is 18.2 Å². The predicted octanol–water partition coefficient (Wildman–Crippen LogP) is 0.232. The van der Waals surface area contributed by atoms with Crippen molar-refractivity contribution in [2.24, 2.45) is 0 Å². The number of piperazine rings is 1. The van der Waals surface area contributed by atoms with E-state index in [1.165, 1.54) is 11.4 Å². The highest BCUT2D eigenvalue weighted by Crippen LogP contribution is 2.29. The molecule has 0 aromatic heterocycles. The number of carbonyl (C=O) groups is 1. The maximum atomic E-state index is 12.7. The van der Waals surface area contributed by atoms with Crippen molar-refractivity contribution in [2.45, 2.75) is 4.90 Å². The summed E-state index contributed by atoms with van der Waals surface area (Å²) in [5.74, 6) is 0.996. The van der Waals surface area contributed by atoms with E-state index in [0.29, 0.717) is 48.3 Å². The Hall–Kier alpha value is -2.62. The van der Waals surface area contributed by atoms with Gasteiger partial charge in [-0.25, -0.2) is 8.42 Å².